The Labute approximate surface area is 123 Å². The topological polar surface area (TPSA) is 83.5 Å². The third kappa shape index (κ3) is 3.21. The number of aromatic carboxylic acids is 1. The van der Waals surface area contributed by atoms with Crippen molar-refractivity contribution in [1.29, 1.82) is 0 Å². The van der Waals surface area contributed by atoms with Crippen molar-refractivity contribution in [1.82, 2.24) is 4.72 Å². The lowest BCUT2D eigenvalue weighted by Gasteiger charge is -2.14. The first-order chi connectivity index (χ1) is 9.30. The van der Waals surface area contributed by atoms with Crippen LogP contribution in [0.3, 0.4) is 0 Å². The molecule has 0 amide bonds. The predicted molar refractivity (Wildman–Crippen MR) is 77.8 cm³/mol. The van der Waals surface area contributed by atoms with E-state index in [1.54, 1.807) is 6.92 Å². The zero-order valence-electron chi connectivity index (χ0n) is 11.6. The third-order valence-electron chi connectivity index (χ3n) is 3.73. The molecule has 0 radical (unpaired) electrons. The number of sulfonamides is 1. The zero-order valence-corrected chi connectivity index (χ0v) is 13.2. The highest BCUT2D eigenvalue weighted by Crippen LogP contribution is 2.49. The molecule has 1 fully saturated rings. The van der Waals surface area contributed by atoms with Gasteiger partial charge in [0.15, 0.2) is 0 Å². The smallest absolute Gasteiger partial charge is 0.346 e. The molecule has 0 unspecified atom stereocenters. The summed E-state index contributed by atoms with van der Waals surface area (Å²) in [6, 6.07) is 1.43. The Morgan fingerprint density at radius 2 is 2.15 bits per heavy atom. The van der Waals surface area contributed by atoms with E-state index in [1.165, 1.54) is 6.07 Å². The number of hydrogen-bond donors (Lipinski definition) is 2. The van der Waals surface area contributed by atoms with E-state index in [9.17, 15) is 13.2 Å². The molecule has 20 heavy (non-hydrogen) atoms. The molecule has 1 saturated carbocycles. The highest BCUT2D eigenvalue weighted by atomic mass is 32.2. The number of hydrogen-bond acceptors (Lipinski definition) is 4. The molecule has 112 valence electrons. The lowest BCUT2D eigenvalue weighted by atomic mass is 10.0. The quantitative estimate of drug-likeness (QED) is 0.809. The summed E-state index contributed by atoms with van der Waals surface area (Å²) < 4.78 is 27.1. The van der Waals surface area contributed by atoms with Crippen LogP contribution in [0, 0.1) is 12.3 Å². The van der Waals surface area contributed by atoms with Gasteiger partial charge < -0.3 is 5.11 Å². The van der Waals surface area contributed by atoms with Crippen molar-refractivity contribution >= 4 is 27.3 Å². The Kier molecular flexibility index (Phi) is 4.22. The number of carboxylic acid groups (broad SMARTS) is 1. The lowest BCUT2D eigenvalue weighted by Crippen LogP contribution is -2.29. The van der Waals surface area contributed by atoms with Crippen molar-refractivity contribution in [2.24, 2.45) is 5.41 Å². The Bertz CT molecular complexity index is 614. The van der Waals surface area contributed by atoms with Crippen molar-refractivity contribution in [3.63, 3.8) is 0 Å². The molecule has 1 aromatic rings. The molecule has 0 aliphatic heterocycles. The fourth-order valence-electron chi connectivity index (χ4n) is 2.34. The molecule has 1 aromatic heterocycles. The Hall–Kier alpha value is -0.920. The van der Waals surface area contributed by atoms with Gasteiger partial charge in [-0.3, -0.25) is 0 Å². The predicted octanol–water partition coefficient (Wildman–Crippen LogP) is 2.61. The number of thiophene rings is 1. The van der Waals surface area contributed by atoms with Crippen LogP contribution in [0.1, 0.15) is 47.8 Å². The molecule has 5 nitrogen and oxygen atoms in total. The van der Waals surface area contributed by atoms with Crippen LogP contribution in [0.25, 0.3) is 0 Å². The minimum absolute atomic E-state index is 0.0831. The summed E-state index contributed by atoms with van der Waals surface area (Å²) in [7, 11) is -3.60. The molecule has 1 heterocycles. The van der Waals surface area contributed by atoms with Crippen molar-refractivity contribution in [3.05, 3.63) is 16.5 Å². The van der Waals surface area contributed by atoms with Crippen LogP contribution in [-0.2, 0) is 10.0 Å². The SMILES string of the molecule is CCCC1(CNS(=O)(=O)c2cc(C)c(C(=O)O)s2)CC1. The molecule has 1 aliphatic rings. The molecule has 0 spiro atoms. The van der Waals surface area contributed by atoms with Crippen LogP contribution in [-0.4, -0.2) is 26.0 Å². The fourth-order valence-corrected chi connectivity index (χ4v) is 4.92. The van der Waals surface area contributed by atoms with Gasteiger partial charge in [0.25, 0.3) is 0 Å². The largest absolute Gasteiger partial charge is 0.477 e. The van der Waals surface area contributed by atoms with Crippen LogP contribution in [0.5, 0.6) is 0 Å². The molecule has 0 atom stereocenters. The standard InChI is InChI=1S/C13H19NO4S2/c1-3-4-13(5-6-13)8-14-20(17,18)10-7-9(2)11(19-10)12(15)16/h7,14H,3-6,8H2,1-2H3,(H,15,16). The summed E-state index contributed by atoms with van der Waals surface area (Å²) in [6.07, 6.45) is 4.20. The van der Waals surface area contributed by atoms with E-state index in [0.717, 1.165) is 37.0 Å². The van der Waals surface area contributed by atoms with Gasteiger partial charge in [0.05, 0.1) is 0 Å². The molecule has 0 bridgehead atoms. The molecule has 7 heteroatoms. The van der Waals surface area contributed by atoms with Gasteiger partial charge >= 0.3 is 5.97 Å². The highest BCUT2D eigenvalue weighted by molar-refractivity contribution is 7.91. The summed E-state index contributed by atoms with van der Waals surface area (Å²) in [4.78, 5) is 11.1. The molecular weight excluding hydrogens is 298 g/mol. The molecule has 2 rings (SSSR count). The monoisotopic (exact) mass is 317 g/mol. The lowest BCUT2D eigenvalue weighted by molar-refractivity contribution is 0.0701. The molecule has 1 aliphatic carbocycles. The maximum atomic E-state index is 12.2. The molecular formula is C13H19NO4S2. The first-order valence-electron chi connectivity index (χ1n) is 6.63. The van der Waals surface area contributed by atoms with E-state index in [4.69, 9.17) is 5.11 Å². The van der Waals surface area contributed by atoms with Gasteiger partial charge in [0.2, 0.25) is 10.0 Å². The number of carboxylic acids is 1. The van der Waals surface area contributed by atoms with Crippen LogP contribution < -0.4 is 4.72 Å². The van der Waals surface area contributed by atoms with Crippen LogP contribution in [0.4, 0.5) is 0 Å². The summed E-state index contributed by atoms with van der Waals surface area (Å²) in [5.41, 5.74) is 0.613. The van der Waals surface area contributed by atoms with E-state index in [2.05, 4.69) is 11.6 Å². The minimum Gasteiger partial charge on any atom is -0.477 e. The third-order valence-corrected chi connectivity index (χ3v) is 6.83. The second-order valence-corrected chi connectivity index (χ2v) is 8.50. The highest BCUT2D eigenvalue weighted by Gasteiger charge is 2.42. The average molecular weight is 317 g/mol. The minimum atomic E-state index is -3.60. The Balaban J connectivity index is 2.11. The van der Waals surface area contributed by atoms with Crippen molar-refractivity contribution in [3.8, 4) is 0 Å². The van der Waals surface area contributed by atoms with Crippen LogP contribution in [0.2, 0.25) is 0 Å². The number of carbonyl (C=O) groups is 1. The van der Waals surface area contributed by atoms with Gasteiger partial charge in [-0.2, -0.15) is 0 Å². The zero-order chi connectivity index (χ0) is 15.0. The van der Waals surface area contributed by atoms with Crippen molar-refractivity contribution in [2.75, 3.05) is 6.54 Å². The number of nitrogens with one attached hydrogen (secondary N) is 1. The number of rotatable bonds is 7. The first-order valence-corrected chi connectivity index (χ1v) is 8.93. The van der Waals surface area contributed by atoms with Gasteiger partial charge in [-0.25, -0.2) is 17.9 Å². The van der Waals surface area contributed by atoms with Crippen LogP contribution >= 0.6 is 11.3 Å². The van der Waals surface area contributed by atoms with E-state index in [-0.39, 0.29) is 14.5 Å². The summed E-state index contributed by atoms with van der Waals surface area (Å²) >= 11 is 0.809. The van der Waals surface area contributed by atoms with Gasteiger partial charge in [0.1, 0.15) is 9.09 Å². The van der Waals surface area contributed by atoms with Crippen molar-refractivity contribution in [2.45, 2.75) is 43.7 Å². The van der Waals surface area contributed by atoms with Gasteiger partial charge in [-0.15, -0.1) is 11.3 Å². The Morgan fingerprint density at radius 3 is 2.60 bits per heavy atom. The molecule has 0 saturated heterocycles. The molecule has 2 N–H and O–H groups in total. The van der Waals surface area contributed by atoms with E-state index in [0.29, 0.717) is 12.1 Å². The maximum Gasteiger partial charge on any atom is 0.346 e. The van der Waals surface area contributed by atoms with E-state index >= 15 is 0 Å². The first kappa shape index (κ1) is 15.5. The van der Waals surface area contributed by atoms with Crippen LogP contribution in [0.15, 0.2) is 10.3 Å². The van der Waals surface area contributed by atoms with Gasteiger partial charge in [-0.1, -0.05) is 13.3 Å². The average Bonchev–Trinajstić information content (AvgIpc) is 3.00. The fraction of sp³-hybridized carbons (Fsp3) is 0.615. The molecule has 0 aromatic carbocycles. The summed E-state index contributed by atoms with van der Waals surface area (Å²) in [6.45, 7) is 4.15. The summed E-state index contributed by atoms with van der Waals surface area (Å²) in [5.74, 6) is -1.08. The van der Waals surface area contributed by atoms with Gasteiger partial charge in [-0.05, 0) is 43.2 Å². The second-order valence-electron chi connectivity index (χ2n) is 5.46. The summed E-state index contributed by atoms with van der Waals surface area (Å²) in [5, 5.41) is 8.98. The van der Waals surface area contributed by atoms with E-state index < -0.39 is 16.0 Å². The second kappa shape index (κ2) is 5.46. The van der Waals surface area contributed by atoms with Crippen molar-refractivity contribution < 1.29 is 18.3 Å². The Morgan fingerprint density at radius 1 is 1.50 bits per heavy atom. The maximum absolute atomic E-state index is 12.2. The number of aryl methyl sites for hydroxylation is 1. The normalized spacial score (nSPS) is 17.1. The van der Waals surface area contributed by atoms with E-state index in [1.807, 2.05) is 0 Å². The van der Waals surface area contributed by atoms with Gasteiger partial charge in [0, 0.05) is 6.54 Å².